The number of H-pyrrole nitrogens is 2. The molecule has 0 aliphatic heterocycles. The lowest BCUT2D eigenvalue weighted by molar-refractivity contribution is -0.347. The van der Waals surface area contributed by atoms with Crippen LogP contribution in [-0.2, 0) is 6.42 Å². The molecule has 3 atom stereocenters. The number of rotatable bonds is 6. The van der Waals surface area contributed by atoms with Crippen LogP contribution in [-0.4, -0.2) is 26.0 Å². The minimum absolute atomic E-state index is 0.514. The second-order valence-electron chi connectivity index (χ2n) is 8.83. The molecule has 3 unspecified atom stereocenters. The SMILES string of the molecule is c1cc(Cc2ccc(Nc3nc(NC4CC5CCC4C5)c4[nH]c[nH+]c4n3)cc2)ccn1. The van der Waals surface area contributed by atoms with Crippen LogP contribution >= 0.6 is 0 Å². The number of fused-ring (bicyclic) bond motifs is 3. The van der Waals surface area contributed by atoms with E-state index in [2.05, 4.69) is 54.8 Å². The van der Waals surface area contributed by atoms with Gasteiger partial charge in [-0.2, -0.15) is 4.98 Å². The zero-order valence-electron chi connectivity index (χ0n) is 17.3. The lowest BCUT2D eigenvalue weighted by atomic mass is 9.95. The summed E-state index contributed by atoms with van der Waals surface area (Å²) in [7, 11) is 0. The summed E-state index contributed by atoms with van der Waals surface area (Å²) in [5.74, 6) is 3.13. The Labute approximate surface area is 180 Å². The molecule has 156 valence electrons. The van der Waals surface area contributed by atoms with Gasteiger partial charge < -0.3 is 10.6 Å². The summed E-state index contributed by atoms with van der Waals surface area (Å²) < 4.78 is 0. The van der Waals surface area contributed by atoms with Crippen molar-refractivity contribution in [2.75, 3.05) is 10.6 Å². The monoisotopic (exact) mass is 412 g/mol. The second kappa shape index (κ2) is 7.65. The lowest BCUT2D eigenvalue weighted by Gasteiger charge is -2.23. The molecule has 0 amide bonds. The Bertz CT molecular complexity index is 1190. The molecule has 2 saturated carbocycles. The Balaban J connectivity index is 1.21. The summed E-state index contributed by atoms with van der Waals surface area (Å²) in [5.41, 5.74) is 5.22. The molecule has 7 nitrogen and oxygen atoms in total. The topological polar surface area (TPSA) is 92.7 Å². The molecule has 4 N–H and O–H groups in total. The first-order valence-electron chi connectivity index (χ1n) is 11.1. The van der Waals surface area contributed by atoms with Gasteiger partial charge >= 0.3 is 11.6 Å². The maximum atomic E-state index is 4.81. The zero-order chi connectivity index (χ0) is 20.6. The predicted octanol–water partition coefficient (Wildman–Crippen LogP) is 4.10. The highest BCUT2D eigenvalue weighted by Crippen LogP contribution is 2.45. The van der Waals surface area contributed by atoms with Crippen molar-refractivity contribution in [2.24, 2.45) is 11.8 Å². The fourth-order valence-corrected chi connectivity index (χ4v) is 5.21. The molecule has 3 aromatic heterocycles. The number of aromatic nitrogens is 5. The average molecular weight is 413 g/mol. The number of anilines is 3. The molecule has 0 spiro atoms. The molecular weight excluding hydrogens is 386 g/mol. The first-order chi connectivity index (χ1) is 15.3. The van der Waals surface area contributed by atoms with Crippen molar-refractivity contribution in [3.05, 3.63) is 66.2 Å². The number of benzene rings is 1. The Morgan fingerprint density at radius 3 is 2.58 bits per heavy atom. The molecule has 3 heterocycles. The fourth-order valence-electron chi connectivity index (χ4n) is 5.21. The van der Waals surface area contributed by atoms with Crippen LogP contribution in [0, 0.1) is 11.8 Å². The van der Waals surface area contributed by atoms with E-state index >= 15 is 0 Å². The molecule has 6 rings (SSSR count). The van der Waals surface area contributed by atoms with Crippen molar-refractivity contribution in [2.45, 2.75) is 38.1 Å². The number of imidazole rings is 1. The van der Waals surface area contributed by atoms with Crippen LogP contribution in [0.2, 0.25) is 0 Å². The van der Waals surface area contributed by atoms with Gasteiger partial charge in [0.1, 0.15) is 0 Å². The molecule has 0 radical (unpaired) electrons. The molecule has 1 aromatic carbocycles. The van der Waals surface area contributed by atoms with Gasteiger partial charge in [0.15, 0.2) is 12.1 Å². The van der Waals surface area contributed by atoms with Crippen LogP contribution in [0.15, 0.2) is 55.1 Å². The number of nitrogens with one attached hydrogen (secondary N) is 4. The maximum absolute atomic E-state index is 4.81. The molecule has 2 fully saturated rings. The lowest BCUT2D eigenvalue weighted by Crippen LogP contribution is -2.26. The highest BCUT2D eigenvalue weighted by Gasteiger charge is 2.40. The van der Waals surface area contributed by atoms with Crippen molar-refractivity contribution in [1.82, 2.24) is 19.9 Å². The molecule has 4 aromatic rings. The Hall–Kier alpha value is -3.48. The van der Waals surface area contributed by atoms with Crippen LogP contribution in [0.3, 0.4) is 0 Å². The number of hydrogen-bond acceptors (Lipinski definition) is 5. The molecular formula is C24H26N7+. The Morgan fingerprint density at radius 2 is 1.81 bits per heavy atom. The first-order valence-corrected chi connectivity index (χ1v) is 11.1. The Kier molecular flexibility index (Phi) is 4.52. The summed E-state index contributed by atoms with van der Waals surface area (Å²) in [6.07, 6.45) is 11.7. The van der Waals surface area contributed by atoms with Crippen molar-refractivity contribution >= 4 is 28.6 Å². The van der Waals surface area contributed by atoms with Crippen LogP contribution in [0.1, 0.15) is 36.8 Å². The van der Waals surface area contributed by atoms with Crippen LogP contribution in [0.4, 0.5) is 17.5 Å². The van der Waals surface area contributed by atoms with E-state index in [-0.39, 0.29) is 0 Å². The van der Waals surface area contributed by atoms with E-state index in [0.29, 0.717) is 12.0 Å². The normalized spacial score (nSPS) is 22.1. The summed E-state index contributed by atoms with van der Waals surface area (Å²) in [6.45, 7) is 0. The third-order valence-electron chi connectivity index (χ3n) is 6.76. The Morgan fingerprint density at radius 1 is 0.968 bits per heavy atom. The van der Waals surface area contributed by atoms with E-state index in [0.717, 1.165) is 40.9 Å². The fraction of sp³-hybridized carbons (Fsp3) is 0.333. The minimum Gasteiger partial charge on any atom is -0.364 e. The highest BCUT2D eigenvalue weighted by molar-refractivity contribution is 5.82. The van der Waals surface area contributed by atoms with Gasteiger partial charge in [-0.3, -0.25) is 9.97 Å². The minimum atomic E-state index is 0.514. The van der Waals surface area contributed by atoms with E-state index in [9.17, 15) is 0 Å². The van der Waals surface area contributed by atoms with Crippen molar-refractivity contribution in [3.8, 4) is 0 Å². The number of nitrogens with zero attached hydrogens (tertiary/aromatic N) is 3. The van der Waals surface area contributed by atoms with Crippen molar-refractivity contribution in [1.29, 1.82) is 0 Å². The number of aromatic amines is 2. The standard InChI is InChI=1S/C24H25N7/c1-4-18-12-17(1)13-20(18)29-23-21-22(27-14-26-21)30-24(31-23)28-19-5-2-15(3-6-19)11-16-7-9-25-10-8-16/h2-3,5-10,14,17-18,20H,1,4,11-13H2,(H3,26,27,28,29,30,31)/p+1. The summed E-state index contributed by atoms with van der Waals surface area (Å²) in [5, 5.41) is 7.09. The third kappa shape index (κ3) is 3.71. The van der Waals surface area contributed by atoms with Crippen LogP contribution < -0.4 is 15.6 Å². The van der Waals surface area contributed by atoms with E-state index in [1.807, 2.05) is 30.9 Å². The second-order valence-corrected chi connectivity index (χ2v) is 8.83. The summed E-state index contributed by atoms with van der Waals surface area (Å²) in [6, 6.07) is 13.0. The van der Waals surface area contributed by atoms with Gasteiger partial charge in [0, 0.05) is 24.1 Å². The van der Waals surface area contributed by atoms with Gasteiger partial charge in [-0.05, 0) is 72.9 Å². The smallest absolute Gasteiger partial charge is 0.307 e. The van der Waals surface area contributed by atoms with Gasteiger partial charge in [-0.1, -0.05) is 23.5 Å². The van der Waals surface area contributed by atoms with Gasteiger partial charge in [0.05, 0.1) is 0 Å². The molecule has 31 heavy (non-hydrogen) atoms. The molecule has 2 aliphatic carbocycles. The quantitative estimate of drug-likeness (QED) is 0.443. The van der Waals surface area contributed by atoms with E-state index in [1.165, 1.54) is 36.8 Å². The summed E-state index contributed by atoms with van der Waals surface area (Å²) in [4.78, 5) is 20.0. The zero-order valence-corrected chi connectivity index (χ0v) is 17.3. The number of pyridine rings is 1. The molecule has 2 bridgehead atoms. The summed E-state index contributed by atoms with van der Waals surface area (Å²) >= 11 is 0. The van der Waals surface area contributed by atoms with Crippen molar-refractivity contribution < 1.29 is 4.98 Å². The largest absolute Gasteiger partial charge is 0.364 e. The van der Waals surface area contributed by atoms with Gasteiger partial charge in [-0.15, -0.1) is 0 Å². The van der Waals surface area contributed by atoms with Crippen LogP contribution in [0.5, 0.6) is 0 Å². The van der Waals surface area contributed by atoms with Crippen LogP contribution in [0.25, 0.3) is 11.2 Å². The molecule has 2 aliphatic rings. The first kappa shape index (κ1) is 18.3. The third-order valence-corrected chi connectivity index (χ3v) is 6.76. The molecule has 0 saturated heterocycles. The average Bonchev–Trinajstić information content (AvgIpc) is 3.53. The number of hydrogen-bond donors (Lipinski definition) is 3. The van der Waals surface area contributed by atoms with Crippen molar-refractivity contribution in [3.63, 3.8) is 0 Å². The van der Waals surface area contributed by atoms with E-state index in [1.54, 1.807) is 0 Å². The van der Waals surface area contributed by atoms with Gasteiger partial charge in [0.25, 0.3) is 0 Å². The highest BCUT2D eigenvalue weighted by atomic mass is 15.2. The van der Waals surface area contributed by atoms with E-state index in [4.69, 9.17) is 4.98 Å². The predicted molar refractivity (Wildman–Crippen MR) is 120 cm³/mol. The van der Waals surface area contributed by atoms with Gasteiger partial charge in [-0.25, -0.2) is 4.98 Å². The van der Waals surface area contributed by atoms with E-state index < -0.39 is 0 Å². The molecule has 7 heteroatoms. The maximum Gasteiger partial charge on any atom is 0.307 e. The van der Waals surface area contributed by atoms with Gasteiger partial charge in [0.2, 0.25) is 5.52 Å².